The fourth-order valence-electron chi connectivity index (χ4n) is 10.8. The van der Waals surface area contributed by atoms with Gasteiger partial charge in [0.05, 0.1) is 24.4 Å². The van der Waals surface area contributed by atoms with Crippen molar-refractivity contribution >= 4 is 5.97 Å². The third-order valence-electron chi connectivity index (χ3n) is 12.9. The van der Waals surface area contributed by atoms with Gasteiger partial charge >= 0.3 is 5.97 Å². The first kappa shape index (κ1) is 28.6. The fraction of sp³-hybridized carbons (Fsp3) is 0.906. The minimum atomic E-state index is -0.898. The molecule has 0 radical (unpaired) electrons. The standard InChI is InChI=1S/C32H52O6/c1-18(33)38-26-12-14-31(7)23-11-13-30(6)20(19-15-21(34)27(36)29(4,5)37-17-19)9-10-22(30)32(23,8)25(35)16-24(31)28(26,2)3/h10,19-21,23-27,34-36H,9,11-17H2,1-8H3. The summed E-state index contributed by atoms with van der Waals surface area (Å²) in [5.41, 5.74) is 0.138. The molecule has 0 spiro atoms. The lowest BCUT2D eigenvalue weighted by Gasteiger charge is -2.68. The summed E-state index contributed by atoms with van der Waals surface area (Å²) in [7, 11) is 0. The number of fused-ring (bicyclic) bond motifs is 5. The number of ether oxygens (including phenoxy) is 2. The number of hydrogen-bond acceptors (Lipinski definition) is 6. The van der Waals surface area contributed by atoms with Crippen molar-refractivity contribution in [2.24, 2.45) is 45.3 Å². The zero-order valence-electron chi connectivity index (χ0n) is 24.9. The van der Waals surface area contributed by atoms with Crippen LogP contribution in [0.3, 0.4) is 0 Å². The van der Waals surface area contributed by atoms with Gasteiger partial charge in [0, 0.05) is 17.8 Å². The van der Waals surface area contributed by atoms with Gasteiger partial charge in [0.1, 0.15) is 12.2 Å². The van der Waals surface area contributed by atoms with E-state index >= 15 is 0 Å². The van der Waals surface area contributed by atoms with Crippen molar-refractivity contribution < 1.29 is 29.6 Å². The second kappa shape index (κ2) is 9.03. The van der Waals surface area contributed by atoms with Crippen LogP contribution in [0.15, 0.2) is 11.6 Å². The average molecular weight is 533 g/mol. The maximum atomic E-state index is 12.0. The molecule has 216 valence electrons. The Bertz CT molecular complexity index is 986. The highest BCUT2D eigenvalue weighted by atomic mass is 16.5. The van der Waals surface area contributed by atoms with E-state index < -0.39 is 23.9 Å². The first-order chi connectivity index (χ1) is 17.5. The summed E-state index contributed by atoms with van der Waals surface area (Å²) in [5.74, 6) is 0.892. The van der Waals surface area contributed by atoms with Gasteiger partial charge in [-0.2, -0.15) is 0 Å². The Morgan fingerprint density at radius 3 is 2.32 bits per heavy atom. The summed E-state index contributed by atoms with van der Waals surface area (Å²) >= 11 is 0. The number of carbonyl (C=O) groups excluding carboxylic acids is 1. The van der Waals surface area contributed by atoms with Crippen LogP contribution >= 0.6 is 0 Å². The molecule has 1 saturated heterocycles. The van der Waals surface area contributed by atoms with Gasteiger partial charge in [-0.05, 0) is 93.3 Å². The van der Waals surface area contributed by atoms with Crippen molar-refractivity contribution in [2.45, 2.75) is 130 Å². The van der Waals surface area contributed by atoms with E-state index in [9.17, 15) is 20.1 Å². The van der Waals surface area contributed by atoms with Crippen molar-refractivity contribution in [2.75, 3.05) is 6.61 Å². The van der Waals surface area contributed by atoms with Crippen molar-refractivity contribution in [3.05, 3.63) is 11.6 Å². The minimum absolute atomic E-state index is 0.0597. The van der Waals surface area contributed by atoms with E-state index in [0.29, 0.717) is 24.9 Å². The Kier molecular flexibility index (Phi) is 6.79. The van der Waals surface area contributed by atoms with E-state index in [1.807, 2.05) is 13.8 Å². The third kappa shape index (κ3) is 3.90. The van der Waals surface area contributed by atoms with Gasteiger partial charge in [-0.1, -0.05) is 46.3 Å². The maximum Gasteiger partial charge on any atom is 0.302 e. The predicted octanol–water partition coefficient (Wildman–Crippen LogP) is 5.03. The molecule has 38 heavy (non-hydrogen) atoms. The molecule has 0 aromatic carbocycles. The van der Waals surface area contributed by atoms with Crippen LogP contribution in [0, 0.1) is 45.3 Å². The molecule has 0 bridgehead atoms. The number of carbonyl (C=O) groups is 1. The molecule has 1 heterocycles. The summed E-state index contributed by atoms with van der Waals surface area (Å²) in [6.45, 7) is 17.4. The monoisotopic (exact) mass is 532 g/mol. The van der Waals surface area contributed by atoms with Crippen LogP contribution in [-0.2, 0) is 14.3 Å². The van der Waals surface area contributed by atoms with Gasteiger partial charge in [0.2, 0.25) is 0 Å². The Balaban J connectivity index is 1.45. The largest absolute Gasteiger partial charge is 0.462 e. The zero-order chi connectivity index (χ0) is 28.1. The highest BCUT2D eigenvalue weighted by Gasteiger charge is 2.68. The summed E-state index contributed by atoms with van der Waals surface area (Å²) in [6, 6.07) is 0. The second-order valence-electron chi connectivity index (χ2n) is 15.4. The van der Waals surface area contributed by atoms with E-state index in [2.05, 4.69) is 40.7 Å². The molecule has 0 aromatic rings. The number of rotatable bonds is 2. The maximum absolute atomic E-state index is 12.0. The van der Waals surface area contributed by atoms with Crippen LogP contribution in [0.4, 0.5) is 0 Å². The molecule has 4 fully saturated rings. The first-order valence-electron chi connectivity index (χ1n) is 15.1. The molecule has 3 N–H and O–H groups in total. The molecule has 0 amide bonds. The number of aliphatic hydroxyl groups excluding tert-OH is 3. The van der Waals surface area contributed by atoms with Crippen molar-refractivity contribution in [3.63, 3.8) is 0 Å². The smallest absolute Gasteiger partial charge is 0.302 e. The van der Waals surface area contributed by atoms with Crippen LogP contribution in [0.2, 0.25) is 0 Å². The van der Waals surface area contributed by atoms with Crippen LogP contribution in [0.25, 0.3) is 0 Å². The first-order valence-corrected chi connectivity index (χ1v) is 15.1. The van der Waals surface area contributed by atoms with Gasteiger partial charge in [-0.25, -0.2) is 0 Å². The van der Waals surface area contributed by atoms with Crippen molar-refractivity contribution in [1.29, 1.82) is 0 Å². The Morgan fingerprint density at radius 1 is 0.974 bits per heavy atom. The van der Waals surface area contributed by atoms with E-state index in [-0.39, 0.29) is 45.6 Å². The zero-order valence-corrected chi connectivity index (χ0v) is 24.9. The van der Waals surface area contributed by atoms with Gasteiger partial charge < -0.3 is 24.8 Å². The van der Waals surface area contributed by atoms with Crippen LogP contribution in [0.5, 0.6) is 0 Å². The van der Waals surface area contributed by atoms with Gasteiger partial charge in [-0.3, -0.25) is 4.79 Å². The number of esters is 1. The van der Waals surface area contributed by atoms with Crippen LogP contribution in [-0.4, -0.2) is 57.9 Å². The summed E-state index contributed by atoms with van der Waals surface area (Å²) < 4.78 is 12.0. The highest BCUT2D eigenvalue weighted by molar-refractivity contribution is 5.66. The summed E-state index contributed by atoms with van der Waals surface area (Å²) in [6.07, 6.45) is 6.35. The molecule has 6 nitrogen and oxygen atoms in total. The lowest BCUT2D eigenvalue weighted by atomic mass is 9.37. The van der Waals surface area contributed by atoms with Crippen LogP contribution in [0.1, 0.15) is 100 Å². The molecule has 6 heteroatoms. The predicted molar refractivity (Wildman–Crippen MR) is 146 cm³/mol. The van der Waals surface area contributed by atoms with Gasteiger partial charge in [0.15, 0.2) is 0 Å². The lowest BCUT2D eigenvalue weighted by Crippen LogP contribution is -2.65. The second-order valence-corrected chi connectivity index (χ2v) is 15.4. The SMILES string of the molecule is CC(=O)OC1CCC2(C)C(CC(O)C3(C)C4=CCC(C5COC(C)(C)C(O)C(O)C5)C4(C)CCC23)C1(C)C. The van der Waals surface area contributed by atoms with Crippen molar-refractivity contribution in [3.8, 4) is 0 Å². The number of aliphatic hydroxyl groups is 3. The normalized spacial score (nSPS) is 51.6. The van der Waals surface area contributed by atoms with Gasteiger partial charge in [0.25, 0.3) is 0 Å². The average Bonchev–Trinajstić information content (AvgIpc) is 3.13. The number of hydrogen-bond donors (Lipinski definition) is 3. The molecule has 5 rings (SSSR count). The highest BCUT2D eigenvalue weighted by Crippen LogP contribution is 2.73. The number of allylic oxidation sites excluding steroid dienone is 1. The molecule has 11 atom stereocenters. The van der Waals surface area contributed by atoms with Crippen LogP contribution < -0.4 is 0 Å². The lowest BCUT2D eigenvalue weighted by molar-refractivity contribution is -0.220. The molecular formula is C32H52O6. The van der Waals surface area contributed by atoms with Crippen molar-refractivity contribution in [1.82, 2.24) is 0 Å². The molecule has 5 aliphatic rings. The molecule has 1 aliphatic heterocycles. The minimum Gasteiger partial charge on any atom is -0.462 e. The summed E-state index contributed by atoms with van der Waals surface area (Å²) in [5, 5.41) is 33.5. The molecular weight excluding hydrogens is 480 g/mol. The Morgan fingerprint density at radius 2 is 1.66 bits per heavy atom. The van der Waals surface area contributed by atoms with E-state index in [1.165, 1.54) is 12.5 Å². The van der Waals surface area contributed by atoms with E-state index in [0.717, 1.165) is 38.5 Å². The summed E-state index contributed by atoms with van der Waals surface area (Å²) in [4.78, 5) is 11.9. The topological polar surface area (TPSA) is 96.2 Å². The van der Waals surface area contributed by atoms with E-state index in [4.69, 9.17) is 9.47 Å². The Labute approximate surface area is 229 Å². The quantitative estimate of drug-likeness (QED) is 0.341. The van der Waals surface area contributed by atoms with E-state index in [1.54, 1.807) is 0 Å². The fourth-order valence-corrected chi connectivity index (χ4v) is 10.8. The van der Waals surface area contributed by atoms with Gasteiger partial charge in [-0.15, -0.1) is 0 Å². The molecule has 4 aliphatic carbocycles. The third-order valence-corrected chi connectivity index (χ3v) is 12.9. The molecule has 11 unspecified atom stereocenters. The molecule has 3 saturated carbocycles. The Hall–Kier alpha value is -0.950. The molecule has 0 aromatic heterocycles.